The molecule has 1 aliphatic rings. The minimum atomic E-state index is -0.326. The third-order valence-electron chi connectivity index (χ3n) is 7.56. The van der Waals surface area contributed by atoms with Gasteiger partial charge in [0.05, 0.1) is 12.2 Å². The van der Waals surface area contributed by atoms with Crippen LogP contribution in [-0.2, 0) is 4.74 Å². The van der Waals surface area contributed by atoms with Crippen molar-refractivity contribution in [2.45, 2.75) is 131 Å². The van der Waals surface area contributed by atoms with Crippen molar-refractivity contribution < 1.29 is 9.84 Å². The average Bonchev–Trinajstić information content (AvgIpc) is 2.78. The summed E-state index contributed by atoms with van der Waals surface area (Å²) >= 11 is 0. The Morgan fingerprint density at radius 2 is 1.76 bits per heavy atom. The summed E-state index contributed by atoms with van der Waals surface area (Å²) in [7, 11) is 0. The molecule has 192 valence electrons. The molecule has 0 aromatic carbocycles. The zero-order valence-electron chi connectivity index (χ0n) is 23.0. The van der Waals surface area contributed by atoms with E-state index in [9.17, 15) is 5.11 Å². The largest absolute Gasteiger partial charge is 0.389 e. The number of allylic oxidation sites excluding steroid dienone is 4. The Labute approximate surface area is 207 Å². The number of aliphatic hydroxyl groups excluding tert-OH is 1. The van der Waals surface area contributed by atoms with E-state index in [4.69, 9.17) is 4.74 Å². The standard InChI is InChI=1S/C31H55O2/c1-8-10-12-15-24(3)16-13-17-25(4)18-14-19-26(5)20-21-29-23-30(32)27(6)28(7)31(29)33-22-11-9-2/h8,15,17,23,26-28,30-32H,9-14,16,18-22H2,1-7H3/q-1/b24-15+,25-17+. The smallest absolute Gasteiger partial charge is 0.0815 e. The van der Waals surface area contributed by atoms with E-state index in [1.54, 1.807) is 5.57 Å². The highest BCUT2D eigenvalue weighted by Crippen LogP contribution is 2.35. The van der Waals surface area contributed by atoms with Gasteiger partial charge in [-0.15, -0.1) is 0 Å². The van der Waals surface area contributed by atoms with Gasteiger partial charge in [0, 0.05) is 6.61 Å². The first-order valence-corrected chi connectivity index (χ1v) is 13.9. The molecule has 0 saturated carbocycles. The van der Waals surface area contributed by atoms with E-state index in [0.717, 1.165) is 25.9 Å². The molecular weight excluding hydrogens is 404 g/mol. The molecule has 5 atom stereocenters. The molecule has 0 aliphatic heterocycles. The Bertz CT molecular complexity index is 600. The highest BCUT2D eigenvalue weighted by atomic mass is 16.5. The van der Waals surface area contributed by atoms with Crippen molar-refractivity contribution >= 4 is 0 Å². The number of rotatable bonds is 17. The Morgan fingerprint density at radius 1 is 1.06 bits per heavy atom. The van der Waals surface area contributed by atoms with E-state index in [-0.39, 0.29) is 18.1 Å². The van der Waals surface area contributed by atoms with Gasteiger partial charge < -0.3 is 16.3 Å². The molecule has 0 saturated heterocycles. The predicted molar refractivity (Wildman–Crippen MR) is 145 cm³/mol. The van der Waals surface area contributed by atoms with Gasteiger partial charge in [-0.1, -0.05) is 76.3 Å². The molecule has 2 nitrogen and oxygen atoms in total. The molecular formula is C31H55O2-. The molecule has 0 fully saturated rings. The summed E-state index contributed by atoms with van der Waals surface area (Å²) in [5.41, 5.74) is 4.41. The summed E-state index contributed by atoms with van der Waals surface area (Å²) in [6, 6.07) is 0. The van der Waals surface area contributed by atoms with Gasteiger partial charge in [0.25, 0.3) is 0 Å². The second kappa shape index (κ2) is 17.6. The summed E-state index contributed by atoms with van der Waals surface area (Å²) in [5, 5.41) is 10.5. The predicted octanol–water partition coefficient (Wildman–Crippen LogP) is 9.01. The van der Waals surface area contributed by atoms with E-state index in [1.807, 2.05) is 0 Å². The van der Waals surface area contributed by atoms with Gasteiger partial charge in [-0.2, -0.15) is 13.3 Å². The molecule has 0 bridgehead atoms. The van der Waals surface area contributed by atoms with Crippen LogP contribution in [0, 0.1) is 24.2 Å². The van der Waals surface area contributed by atoms with E-state index in [0.29, 0.717) is 11.8 Å². The van der Waals surface area contributed by atoms with Gasteiger partial charge in [-0.05, 0) is 82.1 Å². The Hall–Kier alpha value is -0.860. The van der Waals surface area contributed by atoms with Crippen molar-refractivity contribution in [1.29, 1.82) is 0 Å². The molecule has 5 unspecified atom stereocenters. The number of hydrogen-bond donors (Lipinski definition) is 1. The second-order valence-corrected chi connectivity index (χ2v) is 10.8. The van der Waals surface area contributed by atoms with Crippen molar-refractivity contribution in [3.05, 3.63) is 41.4 Å². The van der Waals surface area contributed by atoms with Crippen LogP contribution in [0.2, 0.25) is 0 Å². The van der Waals surface area contributed by atoms with Crippen LogP contribution in [-0.4, -0.2) is 23.9 Å². The molecule has 1 N–H and O–H groups in total. The van der Waals surface area contributed by atoms with E-state index < -0.39 is 0 Å². The SMILES string of the molecule is C[CH-]CC/C=C(\C)CC/C=C(\C)CCCC(C)CCC1=CC(O)C(C)C(C)C1OCCCC. The van der Waals surface area contributed by atoms with Gasteiger partial charge in [0.1, 0.15) is 0 Å². The van der Waals surface area contributed by atoms with Crippen molar-refractivity contribution in [2.75, 3.05) is 6.61 Å². The first-order valence-electron chi connectivity index (χ1n) is 13.9. The molecule has 0 aromatic rings. The van der Waals surface area contributed by atoms with Crippen molar-refractivity contribution in [3.8, 4) is 0 Å². The Kier molecular flexibility index (Phi) is 16.1. The van der Waals surface area contributed by atoms with Crippen LogP contribution in [0.1, 0.15) is 119 Å². The van der Waals surface area contributed by atoms with E-state index in [1.165, 1.54) is 62.5 Å². The fourth-order valence-corrected chi connectivity index (χ4v) is 4.76. The van der Waals surface area contributed by atoms with Gasteiger partial charge in [0.15, 0.2) is 0 Å². The van der Waals surface area contributed by atoms with Crippen LogP contribution < -0.4 is 0 Å². The summed E-state index contributed by atoms with van der Waals surface area (Å²) in [4.78, 5) is 0. The van der Waals surface area contributed by atoms with Gasteiger partial charge in [0.2, 0.25) is 0 Å². The molecule has 1 rings (SSSR count). The molecule has 0 aromatic heterocycles. The minimum Gasteiger partial charge on any atom is -0.389 e. The maximum absolute atomic E-state index is 10.5. The van der Waals surface area contributed by atoms with Crippen LogP contribution in [0.15, 0.2) is 34.9 Å². The van der Waals surface area contributed by atoms with Crippen molar-refractivity contribution in [1.82, 2.24) is 0 Å². The van der Waals surface area contributed by atoms with Gasteiger partial charge in [-0.3, -0.25) is 0 Å². The minimum absolute atomic E-state index is 0.185. The van der Waals surface area contributed by atoms with Crippen LogP contribution >= 0.6 is 0 Å². The van der Waals surface area contributed by atoms with Crippen molar-refractivity contribution in [2.24, 2.45) is 17.8 Å². The fourth-order valence-electron chi connectivity index (χ4n) is 4.76. The topological polar surface area (TPSA) is 29.5 Å². The lowest BCUT2D eigenvalue weighted by Gasteiger charge is -2.37. The monoisotopic (exact) mass is 459 g/mol. The normalized spacial score (nSPS) is 25.3. The van der Waals surface area contributed by atoms with E-state index >= 15 is 0 Å². The van der Waals surface area contributed by atoms with E-state index in [2.05, 4.69) is 73.1 Å². The summed E-state index contributed by atoms with van der Waals surface area (Å²) < 4.78 is 6.30. The first kappa shape index (κ1) is 30.2. The van der Waals surface area contributed by atoms with Crippen LogP contribution in [0.25, 0.3) is 0 Å². The first-order chi connectivity index (χ1) is 15.8. The highest BCUT2D eigenvalue weighted by Gasteiger charge is 2.34. The Balaban J connectivity index is 2.38. The third-order valence-corrected chi connectivity index (χ3v) is 7.56. The number of ether oxygens (including phenoxy) is 1. The quantitative estimate of drug-likeness (QED) is 0.133. The zero-order valence-corrected chi connectivity index (χ0v) is 23.0. The number of hydrogen-bond acceptors (Lipinski definition) is 2. The summed E-state index contributed by atoms with van der Waals surface area (Å²) in [5.74, 6) is 1.35. The fraction of sp³-hybridized carbons (Fsp3) is 0.774. The third kappa shape index (κ3) is 12.4. The maximum Gasteiger partial charge on any atom is 0.0815 e. The number of unbranched alkanes of at least 4 members (excludes halogenated alkanes) is 3. The average molecular weight is 460 g/mol. The molecule has 0 radical (unpaired) electrons. The molecule has 2 heteroatoms. The summed E-state index contributed by atoms with van der Waals surface area (Å²) in [6.45, 7) is 16.5. The molecule has 0 heterocycles. The second-order valence-electron chi connectivity index (χ2n) is 10.8. The van der Waals surface area contributed by atoms with Crippen LogP contribution in [0.5, 0.6) is 0 Å². The Morgan fingerprint density at radius 3 is 2.45 bits per heavy atom. The van der Waals surface area contributed by atoms with Crippen molar-refractivity contribution in [3.63, 3.8) is 0 Å². The highest BCUT2D eigenvalue weighted by molar-refractivity contribution is 5.18. The maximum atomic E-state index is 10.5. The lowest BCUT2D eigenvalue weighted by Crippen LogP contribution is -2.39. The number of aliphatic hydroxyl groups is 1. The molecule has 0 amide bonds. The lowest BCUT2D eigenvalue weighted by molar-refractivity contribution is -0.0123. The zero-order chi connectivity index (χ0) is 24.6. The molecule has 1 aliphatic carbocycles. The van der Waals surface area contributed by atoms with Crippen LogP contribution in [0.3, 0.4) is 0 Å². The van der Waals surface area contributed by atoms with Gasteiger partial charge in [-0.25, -0.2) is 0 Å². The lowest BCUT2D eigenvalue weighted by atomic mass is 9.76. The van der Waals surface area contributed by atoms with Gasteiger partial charge >= 0.3 is 0 Å². The molecule has 0 spiro atoms. The molecule has 33 heavy (non-hydrogen) atoms. The summed E-state index contributed by atoms with van der Waals surface area (Å²) in [6.07, 6.45) is 22.1. The van der Waals surface area contributed by atoms with Crippen LogP contribution in [0.4, 0.5) is 0 Å².